The predicted octanol–water partition coefficient (Wildman–Crippen LogP) is 4.17. The minimum Gasteiger partial charge on any atom is -0.382 e. The lowest BCUT2D eigenvalue weighted by molar-refractivity contribution is 1.10. The van der Waals surface area contributed by atoms with Crippen LogP contribution in [0, 0.1) is 0 Å². The Kier molecular flexibility index (Phi) is 3.99. The van der Waals surface area contributed by atoms with Crippen molar-refractivity contribution in [2.75, 3.05) is 5.73 Å². The number of hydrogen-bond donors (Lipinski definition) is 1. The highest BCUT2D eigenvalue weighted by Crippen LogP contribution is 2.34. The predicted molar refractivity (Wildman–Crippen MR) is 72.0 cm³/mol. The fourth-order valence-corrected chi connectivity index (χ4v) is 2.38. The van der Waals surface area contributed by atoms with Crippen LogP contribution in [0.2, 0.25) is 15.1 Å². The van der Waals surface area contributed by atoms with Gasteiger partial charge >= 0.3 is 0 Å². The molecule has 88 valence electrons. The van der Waals surface area contributed by atoms with Crippen LogP contribution >= 0.6 is 46.6 Å². The second-order valence-corrected chi connectivity index (χ2v) is 5.32. The Labute approximate surface area is 117 Å². The molecule has 0 unspecified atom stereocenters. The first kappa shape index (κ1) is 12.8. The summed E-state index contributed by atoms with van der Waals surface area (Å²) in [6, 6.07) is 5.07. The average molecular weight is 307 g/mol. The first-order chi connectivity index (χ1) is 8.06. The number of rotatable bonds is 2. The van der Waals surface area contributed by atoms with Gasteiger partial charge in [0, 0.05) is 6.20 Å². The Morgan fingerprint density at radius 2 is 1.88 bits per heavy atom. The molecule has 0 amide bonds. The maximum absolute atomic E-state index is 6.01. The third kappa shape index (κ3) is 3.16. The van der Waals surface area contributed by atoms with Crippen molar-refractivity contribution < 1.29 is 0 Å². The van der Waals surface area contributed by atoms with E-state index in [4.69, 9.17) is 40.5 Å². The van der Waals surface area contributed by atoms with Gasteiger partial charge in [-0.1, -0.05) is 34.8 Å². The number of hydrogen-bond acceptors (Lipinski definition) is 4. The van der Waals surface area contributed by atoms with Crippen LogP contribution < -0.4 is 5.73 Å². The van der Waals surface area contributed by atoms with E-state index in [0.29, 0.717) is 20.1 Å². The molecule has 2 heterocycles. The summed E-state index contributed by atoms with van der Waals surface area (Å²) in [7, 11) is 0. The lowest BCUT2D eigenvalue weighted by Crippen LogP contribution is -1.93. The molecule has 0 aromatic carbocycles. The standard InChI is InChI=1S/C10H6Cl3N3S/c11-5-1-2-8(15-4-5)17-10-7(13)3-6(12)9(14)16-10/h1-4H,(H2,14,16). The topological polar surface area (TPSA) is 51.8 Å². The molecule has 2 rings (SSSR count). The minimum absolute atomic E-state index is 0.243. The van der Waals surface area contributed by atoms with Crippen molar-refractivity contribution in [3.8, 4) is 0 Å². The summed E-state index contributed by atoms with van der Waals surface area (Å²) in [6.45, 7) is 0. The van der Waals surface area contributed by atoms with Gasteiger partial charge in [-0.3, -0.25) is 0 Å². The van der Waals surface area contributed by atoms with Crippen LogP contribution in [0.5, 0.6) is 0 Å². The van der Waals surface area contributed by atoms with Gasteiger partial charge in [-0.15, -0.1) is 0 Å². The van der Waals surface area contributed by atoms with Gasteiger partial charge in [0.2, 0.25) is 0 Å². The fourth-order valence-electron chi connectivity index (χ4n) is 1.06. The molecule has 17 heavy (non-hydrogen) atoms. The molecule has 0 aliphatic carbocycles. The van der Waals surface area contributed by atoms with Crippen LogP contribution in [0.3, 0.4) is 0 Å². The third-order valence-corrected chi connectivity index (χ3v) is 3.71. The molecular weight excluding hydrogens is 301 g/mol. The summed E-state index contributed by atoms with van der Waals surface area (Å²) in [6.07, 6.45) is 1.55. The second-order valence-electron chi connectivity index (χ2n) is 3.06. The van der Waals surface area contributed by atoms with Crippen LogP contribution in [0.4, 0.5) is 5.82 Å². The summed E-state index contributed by atoms with van der Waals surface area (Å²) >= 11 is 18.8. The van der Waals surface area contributed by atoms with Crippen molar-refractivity contribution in [2.24, 2.45) is 0 Å². The maximum atomic E-state index is 6.01. The molecule has 3 nitrogen and oxygen atoms in total. The van der Waals surface area contributed by atoms with Gasteiger partial charge in [0.25, 0.3) is 0 Å². The molecule has 0 aliphatic heterocycles. The zero-order valence-electron chi connectivity index (χ0n) is 8.32. The highest BCUT2D eigenvalue weighted by atomic mass is 35.5. The van der Waals surface area contributed by atoms with Crippen molar-refractivity contribution in [1.82, 2.24) is 9.97 Å². The van der Waals surface area contributed by atoms with E-state index >= 15 is 0 Å². The van der Waals surface area contributed by atoms with E-state index < -0.39 is 0 Å². The van der Waals surface area contributed by atoms with E-state index in [1.54, 1.807) is 24.4 Å². The molecule has 0 saturated heterocycles. The number of nitrogens with zero attached hydrogens (tertiary/aromatic N) is 2. The van der Waals surface area contributed by atoms with Gasteiger partial charge in [-0.05, 0) is 30.0 Å². The monoisotopic (exact) mass is 305 g/mol. The van der Waals surface area contributed by atoms with Gasteiger partial charge in [-0.2, -0.15) is 0 Å². The molecule has 0 aliphatic rings. The van der Waals surface area contributed by atoms with Crippen LogP contribution in [0.15, 0.2) is 34.4 Å². The Bertz CT molecular complexity index is 545. The van der Waals surface area contributed by atoms with Gasteiger partial charge in [0.1, 0.15) is 15.9 Å². The Balaban J connectivity index is 2.30. The first-order valence-corrected chi connectivity index (χ1v) is 6.42. The minimum atomic E-state index is 0.243. The van der Waals surface area contributed by atoms with Crippen molar-refractivity contribution in [1.29, 1.82) is 0 Å². The molecule has 2 N–H and O–H groups in total. The smallest absolute Gasteiger partial charge is 0.143 e. The summed E-state index contributed by atoms with van der Waals surface area (Å²) in [5, 5.41) is 2.63. The molecule has 0 atom stereocenters. The quantitative estimate of drug-likeness (QED) is 0.904. The number of halogens is 3. The van der Waals surface area contributed by atoms with Crippen LogP contribution in [0.25, 0.3) is 0 Å². The molecule has 2 aromatic rings. The summed E-state index contributed by atoms with van der Waals surface area (Å²) in [4.78, 5) is 8.22. The maximum Gasteiger partial charge on any atom is 0.143 e. The SMILES string of the molecule is Nc1nc(Sc2ccc(Cl)cn2)c(Cl)cc1Cl. The van der Waals surface area contributed by atoms with Crippen molar-refractivity contribution in [2.45, 2.75) is 10.1 Å². The van der Waals surface area contributed by atoms with E-state index in [9.17, 15) is 0 Å². The molecule has 0 radical (unpaired) electrons. The number of anilines is 1. The highest BCUT2D eigenvalue weighted by molar-refractivity contribution is 7.99. The van der Waals surface area contributed by atoms with E-state index in [1.807, 2.05) is 0 Å². The Hall–Kier alpha value is -0.680. The fraction of sp³-hybridized carbons (Fsp3) is 0. The van der Waals surface area contributed by atoms with Crippen molar-refractivity contribution >= 4 is 52.4 Å². The van der Waals surface area contributed by atoms with Gasteiger partial charge in [0.05, 0.1) is 15.1 Å². The van der Waals surface area contributed by atoms with E-state index in [1.165, 1.54) is 11.8 Å². The molecule has 0 spiro atoms. The number of aromatic nitrogens is 2. The lowest BCUT2D eigenvalue weighted by Gasteiger charge is -2.05. The molecule has 2 aromatic heterocycles. The van der Waals surface area contributed by atoms with Gasteiger partial charge in [-0.25, -0.2) is 9.97 Å². The van der Waals surface area contributed by atoms with Gasteiger partial charge in [0.15, 0.2) is 0 Å². The second kappa shape index (κ2) is 5.31. The van der Waals surface area contributed by atoms with Crippen LogP contribution in [0.1, 0.15) is 0 Å². The highest BCUT2D eigenvalue weighted by Gasteiger charge is 2.09. The molecule has 0 saturated carbocycles. The third-order valence-electron chi connectivity index (χ3n) is 1.83. The number of nitrogen functional groups attached to an aromatic ring is 1. The number of pyridine rings is 2. The van der Waals surface area contributed by atoms with Crippen LogP contribution in [-0.2, 0) is 0 Å². The average Bonchev–Trinajstić information content (AvgIpc) is 2.29. The summed E-state index contributed by atoms with van der Waals surface area (Å²) in [5.74, 6) is 0.243. The van der Waals surface area contributed by atoms with E-state index in [2.05, 4.69) is 9.97 Å². The zero-order valence-corrected chi connectivity index (χ0v) is 11.4. The lowest BCUT2D eigenvalue weighted by atomic mass is 10.5. The summed E-state index contributed by atoms with van der Waals surface area (Å²) in [5.41, 5.74) is 5.61. The molecular formula is C10H6Cl3N3S. The molecule has 0 bridgehead atoms. The van der Waals surface area contributed by atoms with Crippen molar-refractivity contribution in [3.63, 3.8) is 0 Å². The van der Waals surface area contributed by atoms with Crippen molar-refractivity contribution in [3.05, 3.63) is 39.5 Å². The zero-order chi connectivity index (χ0) is 12.4. The Morgan fingerprint density at radius 1 is 1.12 bits per heavy atom. The first-order valence-electron chi connectivity index (χ1n) is 4.47. The van der Waals surface area contributed by atoms with Gasteiger partial charge < -0.3 is 5.73 Å². The molecule has 7 heteroatoms. The summed E-state index contributed by atoms with van der Waals surface area (Å²) < 4.78 is 0. The largest absolute Gasteiger partial charge is 0.382 e. The Morgan fingerprint density at radius 3 is 2.53 bits per heavy atom. The number of nitrogens with two attached hydrogens (primary N) is 1. The normalized spacial score (nSPS) is 10.5. The van der Waals surface area contributed by atoms with Crippen LogP contribution in [-0.4, -0.2) is 9.97 Å². The van der Waals surface area contributed by atoms with E-state index in [0.717, 1.165) is 5.03 Å². The van der Waals surface area contributed by atoms with E-state index in [-0.39, 0.29) is 5.82 Å². The molecule has 0 fully saturated rings.